The van der Waals surface area contributed by atoms with E-state index in [0.29, 0.717) is 18.5 Å². The maximum absolute atomic E-state index is 12.8. The molecule has 2 bridgehead atoms. The summed E-state index contributed by atoms with van der Waals surface area (Å²) in [5.41, 5.74) is 0.826. The van der Waals surface area contributed by atoms with Crippen LogP contribution in [-0.2, 0) is 19.1 Å². The maximum Gasteiger partial charge on any atom is 0.317 e. The van der Waals surface area contributed by atoms with Crippen molar-refractivity contribution in [3.8, 4) is 0 Å². The smallest absolute Gasteiger partial charge is 0.317 e. The number of ether oxygens (including phenoxy) is 2. The molecule has 0 radical (unpaired) electrons. The number of piperidine rings is 1. The van der Waals surface area contributed by atoms with Crippen LogP contribution in [0.25, 0.3) is 0 Å². The Morgan fingerprint density at radius 1 is 1.16 bits per heavy atom. The lowest BCUT2D eigenvalue weighted by molar-refractivity contribution is -0.157. The molecule has 2 fully saturated rings. The van der Waals surface area contributed by atoms with E-state index < -0.39 is 5.92 Å². The summed E-state index contributed by atoms with van der Waals surface area (Å²) < 4.78 is 11.1. The van der Waals surface area contributed by atoms with Crippen molar-refractivity contribution in [1.82, 2.24) is 4.90 Å². The minimum atomic E-state index is -0.561. The van der Waals surface area contributed by atoms with Gasteiger partial charge in [0.05, 0.1) is 0 Å². The summed E-state index contributed by atoms with van der Waals surface area (Å²) in [6, 6.07) is 10.5. The first kappa shape index (κ1) is 17.9. The van der Waals surface area contributed by atoms with E-state index in [1.807, 2.05) is 30.3 Å². The molecule has 5 heteroatoms. The standard InChI is InChI=1S/C20H27NO4/c1-3-19(22)24-13-18(14-7-5-4-6-8-14)20(23)25-17-11-15-9-10-16(12-17)21(15)2/h4-8,15-18H,3,9-13H2,1-2H3/t15-,16+,17?,18?. The number of carbonyl (C=O) groups is 2. The lowest BCUT2D eigenvalue weighted by Gasteiger charge is -2.36. The maximum atomic E-state index is 12.8. The van der Waals surface area contributed by atoms with E-state index in [-0.39, 0.29) is 24.6 Å². The van der Waals surface area contributed by atoms with Crippen molar-refractivity contribution in [1.29, 1.82) is 0 Å². The zero-order valence-electron chi connectivity index (χ0n) is 15.0. The van der Waals surface area contributed by atoms with Crippen LogP contribution in [0, 0.1) is 0 Å². The number of benzene rings is 1. The first-order valence-electron chi connectivity index (χ1n) is 9.21. The van der Waals surface area contributed by atoms with Crippen LogP contribution >= 0.6 is 0 Å². The predicted octanol–water partition coefficient (Wildman–Crippen LogP) is 2.89. The average Bonchev–Trinajstić information content (AvgIpc) is 2.84. The SMILES string of the molecule is CCC(=O)OCC(C(=O)OC1C[C@H]2CC[C@@H](C1)N2C)c1ccccc1. The Labute approximate surface area is 149 Å². The van der Waals surface area contributed by atoms with Crippen LogP contribution in [0.3, 0.4) is 0 Å². The van der Waals surface area contributed by atoms with Gasteiger partial charge in [0.15, 0.2) is 0 Å². The van der Waals surface area contributed by atoms with Gasteiger partial charge in [-0.05, 0) is 38.3 Å². The molecule has 0 aliphatic carbocycles. The molecule has 0 aromatic heterocycles. The molecule has 0 amide bonds. The normalized spacial score (nSPS) is 26.9. The summed E-state index contributed by atoms with van der Waals surface area (Å²) in [4.78, 5) is 26.7. The summed E-state index contributed by atoms with van der Waals surface area (Å²) in [6.45, 7) is 1.78. The van der Waals surface area contributed by atoms with E-state index in [9.17, 15) is 9.59 Å². The number of esters is 2. The molecule has 5 nitrogen and oxygen atoms in total. The molecule has 1 aromatic rings. The molecule has 1 aromatic carbocycles. The summed E-state index contributed by atoms with van der Waals surface area (Å²) in [5.74, 6) is -1.15. The molecule has 0 N–H and O–H groups in total. The molecule has 2 aliphatic rings. The van der Waals surface area contributed by atoms with Gasteiger partial charge in [0.1, 0.15) is 18.6 Å². The highest BCUT2D eigenvalue weighted by atomic mass is 16.6. The monoisotopic (exact) mass is 345 g/mol. The van der Waals surface area contributed by atoms with Crippen LogP contribution < -0.4 is 0 Å². The topological polar surface area (TPSA) is 55.8 Å². The Morgan fingerprint density at radius 3 is 2.40 bits per heavy atom. The third-order valence-electron chi connectivity index (χ3n) is 5.52. The lowest BCUT2D eigenvalue weighted by atomic mass is 9.98. The van der Waals surface area contributed by atoms with Crippen LogP contribution in [0.4, 0.5) is 0 Å². The molecule has 2 heterocycles. The Kier molecular flexibility index (Phi) is 5.74. The van der Waals surface area contributed by atoms with Crippen LogP contribution in [0.5, 0.6) is 0 Å². The summed E-state index contributed by atoms with van der Waals surface area (Å²) >= 11 is 0. The van der Waals surface area contributed by atoms with Crippen molar-refractivity contribution in [3.63, 3.8) is 0 Å². The summed E-state index contributed by atoms with van der Waals surface area (Å²) in [6.07, 6.45) is 4.43. The predicted molar refractivity (Wildman–Crippen MR) is 94.1 cm³/mol. The number of rotatable bonds is 6. The van der Waals surface area contributed by atoms with E-state index in [2.05, 4.69) is 11.9 Å². The van der Waals surface area contributed by atoms with Gasteiger partial charge in [-0.25, -0.2) is 0 Å². The molecule has 0 spiro atoms. The van der Waals surface area contributed by atoms with Gasteiger partial charge in [-0.3, -0.25) is 9.59 Å². The summed E-state index contributed by atoms with van der Waals surface area (Å²) in [5, 5.41) is 0. The highest BCUT2D eigenvalue weighted by Gasteiger charge is 2.40. The van der Waals surface area contributed by atoms with Crippen molar-refractivity contribution < 1.29 is 19.1 Å². The minimum absolute atomic E-state index is 0.0331. The van der Waals surface area contributed by atoms with E-state index in [1.54, 1.807) is 6.92 Å². The van der Waals surface area contributed by atoms with Gasteiger partial charge in [-0.1, -0.05) is 37.3 Å². The van der Waals surface area contributed by atoms with Gasteiger partial charge in [0, 0.05) is 18.5 Å². The fourth-order valence-electron chi connectivity index (χ4n) is 3.97. The van der Waals surface area contributed by atoms with Crippen molar-refractivity contribution in [2.75, 3.05) is 13.7 Å². The minimum Gasteiger partial charge on any atom is -0.464 e. The Hall–Kier alpha value is -1.88. The number of carbonyl (C=O) groups excluding carboxylic acids is 2. The van der Waals surface area contributed by atoms with Gasteiger partial charge in [0.25, 0.3) is 0 Å². The van der Waals surface area contributed by atoms with Gasteiger partial charge in [-0.15, -0.1) is 0 Å². The molecular weight excluding hydrogens is 318 g/mol. The molecule has 25 heavy (non-hydrogen) atoms. The van der Waals surface area contributed by atoms with Gasteiger partial charge in [0.2, 0.25) is 0 Å². The van der Waals surface area contributed by atoms with Gasteiger partial charge < -0.3 is 14.4 Å². The number of hydrogen-bond donors (Lipinski definition) is 0. The molecule has 2 unspecified atom stereocenters. The van der Waals surface area contributed by atoms with E-state index >= 15 is 0 Å². The van der Waals surface area contributed by atoms with Crippen molar-refractivity contribution >= 4 is 11.9 Å². The number of nitrogens with zero attached hydrogens (tertiary/aromatic N) is 1. The third-order valence-corrected chi connectivity index (χ3v) is 5.52. The molecule has 4 atom stereocenters. The average molecular weight is 345 g/mol. The highest BCUT2D eigenvalue weighted by molar-refractivity contribution is 5.79. The third kappa shape index (κ3) is 4.21. The highest BCUT2D eigenvalue weighted by Crippen LogP contribution is 2.36. The fourth-order valence-corrected chi connectivity index (χ4v) is 3.97. The van der Waals surface area contributed by atoms with Crippen LogP contribution in [0.1, 0.15) is 50.5 Å². The van der Waals surface area contributed by atoms with Gasteiger partial charge >= 0.3 is 11.9 Å². The van der Waals surface area contributed by atoms with Crippen LogP contribution in [0.15, 0.2) is 30.3 Å². The second kappa shape index (κ2) is 8.00. The second-order valence-corrected chi connectivity index (χ2v) is 7.08. The molecular formula is C20H27NO4. The largest absolute Gasteiger partial charge is 0.464 e. The second-order valence-electron chi connectivity index (χ2n) is 7.08. The molecule has 136 valence electrons. The molecule has 2 saturated heterocycles. The molecule has 2 aliphatic heterocycles. The molecule has 3 rings (SSSR count). The first-order chi connectivity index (χ1) is 12.1. The summed E-state index contributed by atoms with van der Waals surface area (Å²) in [7, 11) is 2.16. The molecule has 0 saturated carbocycles. The number of fused-ring (bicyclic) bond motifs is 2. The zero-order chi connectivity index (χ0) is 17.8. The number of hydrogen-bond acceptors (Lipinski definition) is 5. The first-order valence-corrected chi connectivity index (χ1v) is 9.21. The fraction of sp³-hybridized carbons (Fsp3) is 0.600. The quantitative estimate of drug-likeness (QED) is 0.742. The van der Waals surface area contributed by atoms with E-state index in [1.165, 1.54) is 12.8 Å². The zero-order valence-corrected chi connectivity index (χ0v) is 15.0. The van der Waals surface area contributed by atoms with Crippen LogP contribution in [-0.4, -0.2) is 48.7 Å². The Bertz CT molecular complexity index is 589. The van der Waals surface area contributed by atoms with Crippen LogP contribution in [0.2, 0.25) is 0 Å². The van der Waals surface area contributed by atoms with E-state index in [0.717, 1.165) is 18.4 Å². The van der Waals surface area contributed by atoms with Gasteiger partial charge in [-0.2, -0.15) is 0 Å². The Balaban J connectivity index is 1.65. The van der Waals surface area contributed by atoms with Crippen molar-refractivity contribution in [3.05, 3.63) is 35.9 Å². The van der Waals surface area contributed by atoms with Crippen molar-refractivity contribution in [2.24, 2.45) is 0 Å². The Morgan fingerprint density at radius 2 is 1.80 bits per heavy atom. The van der Waals surface area contributed by atoms with Crippen molar-refractivity contribution in [2.45, 2.75) is 63.1 Å². The van der Waals surface area contributed by atoms with E-state index in [4.69, 9.17) is 9.47 Å². The lowest BCUT2D eigenvalue weighted by Crippen LogP contribution is -2.44.